The number of Topliss-reactive ketones (excluding diaryl/α,β-unsaturated/α-hetero) is 5. The van der Waals surface area contributed by atoms with E-state index in [1.165, 1.54) is 6.33 Å². The molecule has 0 saturated heterocycles. The summed E-state index contributed by atoms with van der Waals surface area (Å²) in [5.74, 6) is -1.91. The van der Waals surface area contributed by atoms with Gasteiger partial charge in [-0.25, -0.2) is 34.9 Å². The van der Waals surface area contributed by atoms with Crippen LogP contribution in [0, 0.1) is 10.8 Å². The lowest BCUT2D eigenvalue weighted by atomic mass is 9.73. The summed E-state index contributed by atoms with van der Waals surface area (Å²) in [6, 6.07) is 0.407. The van der Waals surface area contributed by atoms with Gasteiger partial charge in [-0.1, -0.05) is 28.8 Å². The summed E-state index contributed by atoms with van der Waals surface area (Å²) in [6.45, 7) is 39.5. The number of hydrogen-bond acceptors (Lipinski definition) is 29. The Kier molecular flexibility index (Phi) is 37.1. The second kappa shape index (κ2) is 45.0. The van der Waals surface area contributed by atoms with Gasteiger partial charge in [0.25, 0.3) is 0 Å². The molecule has 8 atom stereocenters. The minimum absolute atomic E-state index is 0.0157. The number of rotatable bonds is 18. The zero-order valence-corrected chi connectivity index (χ0v) is 78.9. The molecule has 2 saturated carbocycles. The molecule has 36 heteroatoms. The molecular formula is C90H130BrN15O20. The SMILES string of the molecule is CCOC(=O)C1(C)C/C(=C/N(C)C)C(=O)c2c1ncn2C(C)C.CCOC(=O)C1(C)CCC(=O)c2c1ncn2C(C)C.CCOC(=O)C1(C)CCC(=O)c2nc[nH]c21.CCOC(=O)C1(C)CCCC(Br)C1=O.CCOC(=O)C1(C)CCCCC1=O.CCOC(=O)C1(C)CCCc2[nH]cnc21.CCOC(=O)C1(C)Cc2cnc(N)nc2-c2c1ncn2C(C)C.NC=O. The van der Waals surface area contributed by atoms with Crippen molar-refractivity contribution in [2.24, 2.45) is 16.6 Å². The van der Waals surface area contributed by atoms with E-state index in [1.54, 1.807) is 107 Å². The predicted molar refractivity (Wildman–Crippen MR) is 470 cm³/mol. The molecule has 7 aliphatic rings. The highest BCUT2D eigenvalue weighted by Crippen LogP contribution is 2.46. The van der Waals surface area contributed by atoms with E-state index in [4.69, 9.17) is 43.7 Å². The molecule has 8 unspecified atom stereocenters. The van der Waals surface area contributed by atoms with Crippen LogP contribution in [0.1, 0.15) is 318 Å². The Hall–Kier alpha value is -10.9. The van der Waals surface area contributed by atoms with E-state index in [-0.39, 0.29) is 106 Å². The summed E-state index contributed by atoms with van der Waals surface area (Å²) in [6.07, 6.45) is 22.4. The second-order valence-corrected chi connectivity index (χ2v) is 35.3. The number of amides is 1. The molecule has 6 heterocycles. The van der Waals surface area contributed by atoms with Crippen molar-refractivity contribution in [1.82, 2.24) is 63.5 Å². The quantitative estimate of drug-likeness (QED) is 0.0155. The van der Waals surface area contributed by atoms with Crippen molar-refractivity contribution >= 4 is 99.0 Å². The third-order valence-electron chi connectivity index (χ3n) is 23.5. The van der Waals surface area contributed by atoms with Crippen LogP contribution in [0.25, 0.3) is 11.4 Å². The number of ketones is 5. The Morgan fingerprint density at radius 2 is 0.897 bits per heavy atom. The van der Waals surface area contributed by atoms with E-state index in [0.29, 0.717) is 149 Å². The Balaban J connectivity index is 0.000000228. The lowest BCUT2D eigenvalue weighted by molar-refractivity contribution is -0.162. The number of anilines is 1. The van der Waals surface area contributed by atoms with E-state index in [2.05, 4.69) is 80.4 Å². The maximum atomic E-state index is 12.9. The molecule has 7 aliphatic carbocycles. The topological polar surface area (TPSA) is 478 Å². The first-order valence-electron chi connectivity index (χ1n) is 43.3. The molecule has 1 amide bonds. The van der Waals surface area contributed by atoms with Gasteiger partial charge in [0, 0.05) is 80.7 Å². The van der Waals surface area contributed by atoms with Crippen LogP contribution in [0.2, 0.25) is 0 Å². The molecule has 6 aromatic heterocycles. The number of nitrogens with one attached hydrogen (secondary N) is 2. The van der Waals surface area contributed by atoms with Crippen LogP contribution < -0.4 is 11.5 Å². The van der Waals surface area contributed by atoms with Crippen LogP contribution in [0.5, 0.6) is 0 Å². The highest BCUT2D eigenvalue weighted by atomic mass is 79.9. The summed E-state index contributed by atoms with van der Waals surface area (Å²) >= 11 is 3.29. The number of halogens is 1. The Morgan fingerprint density at radius 1 is 0.484 bits per heavy atom. The van der Waals surface area contributed by atoms with Gasteiger partial charge in [-0.3, -0.25) is 62.3 Å². The van der Waals surface area contributed by atoms with E-state index in [0.717, 1.165) is 73.3 Å². The standard InChI is InChI=1S/C17H25N3O3.C16H21N5O2.C14H20N2O3.C11H14N2O3.C11H16N2O2.C10H15BrO3.C10H16O3.CH3NO/c1-7-23-16(22)17(4)8-12(9-19(5)6)14(21)13-15(17)18-10-20(13)11(2)3;1-5-23-14(22)16(4)6-10-7-18-15(17)20-11(10)12-13(16)19-8-21(12)9(2)3;1-5-19-13(18)14(4)7-6-10(17)11-12(14)15-8-16(11)9(2)3;1-3-16-10(15)11(2)5-4-7(14)8-9(11)13-6-12-8;1-3-15-10(14)11(2)6-4-5-8-9(11)13-7-12-8;1-3-14-9(13)10(2)6-4-5-7(11)8(10)12;1-3-13-9(12)10(2)7-5-4-6-8(10)11;2-1-3/h9-11H,7-8H2,1-6H3;7-9H,5-6H2,1-4H3,(H2,17,18,20);8-9H,5-7H2,1-4H3;6H,3-5H2,1-2H3,(H,12,13);7H,3-6H2,1-2H3,(H,12,13);7H,3-6H2,1-2H3;3-7H2,1-2H3;1H,(H2,2,3)/b12-9-;;;;;;;. The van der Waals surface area contributed by atoms with Gasteiger partial charge in [0.1, 0.15) is 60.8 Å². The van der Waals surface area contributed by atoms with Crippen LogP contribution in [-0.4, -0.2) is 206 Å². The molecule has 13 rings (SSSR count). The molecule has 692 valence electrons. The smallest absolute Gasteiger partial charge is 0.319 e. The van der Waals surface area contributed by atoms with E-state index in [9.17, 15) is 57.5 Å². The molecule has 6 N–H and O–H groups in total. The number of allylic oxidation sites excluding steroid dienone is 1. The highest BCUT2D eigenvalue weighted by Gasteiger charge is 2.53. The number of fused-ring (bicyclic) bond motifs is 7. The summed E-state index contributed by atoms with van der Waals surface area (Å²) in [5, 5.41) is 0. The number of primary amides is 1. The largest absolute Gasteiger partial charge is 0.465 e. The van der Waals surface area contributed by atoms with Gasteiger partial charge in [-0.15, -0.1) is 0 Å². The average Bonchev–Trinajstić information content (AvgIpc) is 1.53. The first-order valence-corrected chi connectivity index (χ1v) is 44.2. The van der Waals surface area contributed by atoms with Crippen LogP contribution in [0.4, 0.5) is 5.95 Å². The van der Waals surface area contributed by atoms with Crippen molar-refractivity contribution < 1.29 is 95.5 Å². The van der Waals surface area contributed by atoms with Gasteiger partial charge in [0.2, 0.25) is 18.1 Å². The number of H-pyrrole nitrogens is 2. The third kappa shape index (κ3) is 22.7. The zero-order valence-electron chi connectivity index (χ0n) is 77.3. The number of hydrogen-bond donors (Lipinski definition) is 4. The maximum Gasteiger partial charge on any atom is 0.319 e. The highest BCUT2D eigenvalue weighted by molar-refractivity contribution is 9.10. The molecule has 35 nitrogen and oxygen atoms in total. The Bertz CT molecular complexity index is 4920. The summed E-state index contributed by atoms with van der Waals surface area (Å²) in [7, 11) is 3.72. The molecule has 0 aliphatic heterocycles. The number of carbonyl (C=O) groups excluding carboxylic acids is 13. The van der Waals surface area contributed by atoms with Crippen molar-refractivity contribution in [1.29, 1.82) is 0 Å². The Labute approximate surface area is 745 Å². The van der Waals surface area contributed by atoms with Gasteiger partial charge < -0.3 is 73.2 Å². The number of ether oxygens (including phenoxy) is 7. The van der Waals surface area contributed by atoms with Crippen molar-refractivity contribution in [2.75, 3.05) is 66.1 Å². The van der Waals surface area contributed by atoms with Crippen molar-refractivity contribution in [3.05, 3.63) is 106 Å². The first-order chi connectivity index (χ1) is 59.3. The van der Waals surface area contributed by atoms with Crippen molar-refractivity contribution in [3.8, 4) is 11.4 Å². The van der Waals surface area contributed by atoms with Crippen LogP contribution >= 0.6 is 15.9 Å². The van der Waals surface area contributed by atoms with Crippen LogP contribution in [0.15, 0.2) is 49.6 Å². The lowest BCUT2D eigenvalue weighted by Crippen LogP contribution is -2.45. The fraction of sp³-hybridized carbons (Fsp3) is 0.622. The van der Waals surface area contributed by atoms with Gasteiger partial charge in [0.05, 0.1) is 123 Å². The molecule has 0 bridgehead atoms. The van der Waals surface area contributed by atoms with E-state index >= 15 is 0 Å². The van der Waals surface area contributed by atoms with Gasteiger partial charge in [-0.05, 0) is 209 Å². The normalized spacial score (nSPS) is 23.7. The number of carbonyl (C=O) groups is 13. The molecule has 6 aromatic rings. The van der Waals surface area contributed by atoms with E-state index in [1.807, 2.05) is 88.1 Å². The lowest BCUT2D eigenvalue weighted by Gasteiger charge is -2.32. The van der Waals surface area contributed by atoms with Gasteiger partial charge >= 0.3 is 41.8 Å². The minimum Gasteiger partial charge on any atom is -0.465 e. The van der Waals surface area contributed by atoms with Crippen molar-refractivity contribution in [3.63, 3.8) is 0 Å². The monoisotopic (exact) mass is 1820 g/mol. The molecule has 0 aromatic carbocycles. The summed E-state index contributed by atoms with van der Waals surface area (Å²) in [5.41, 5.74) is 13.0. The van der Waals surface area contributed by atoms with Gasteiger partial charge in [-0.2, -0.15) is 0 Å². The number of alkyl halides is 1. The summed E-state index contributed by atoms with van der Waals surface area (Å²) < 4.78 is 41.4. The first kappa shape index (κ1) is 104. The summed E-state index contributed by atoms with van der Waals surface area (Å²) in [4.78, 5) is 190. The zero-order chi connectivity index (χ0) is 94.4. The Morgan fingerprint density at radius 3 is 1.40 bits per heavy atom. The predicted octanol–water partition coefficient (Wildman–Crippen LogP) is 12.1. The second-order valence-electron chi connectivity index (χ2n) is 34.1. The maximum absolute atomic E-state index is 12.9. The third-order valence-corrected chi connectivity index (χ3v) is 24.4. The molecule has 0 radical (unpaired) electrons. The van der Waals surface area contributed by atoms with Crippen LogP contribution in [-0.2, 0) is 121 Å². The van der Waals surface area contributed by atoms with Crippen LogP contribution in [0.3, 0.4) is 0 Å². The fourth-order valence-electron chi connectivity index (χ4n) is 16.2. The molecule has 126 heavy (non-hydrogen) atoms. The number of nitrogens with zero attached hydrogens (tertiary/aromatic N) is 11. The molecular weight excluding hydrogens is 1690 g/mol. The van der Waals surface area contributed by atoms with E-state index < -0.39 is 37.9 Å². The number of esters is 7. The van der Waals surface area contributed by atoms with Crippen molar-refractivity contribution in [2.45, 2.75) is 291 Å². The fourth-order valence-corrected chi connectivity index (χ4v) is 17.0. The molecule has 2 fully saturated rings. The number of nitrogen functional groups attached to an aromatic ring is 1. The minimum atomic E-state index is -0.943. The van der Waals surface area contributed by atoms with Gasteiger partial charge in [0.15, 0.2) is 17.3 Å². The number of nitrogens with two attached hydrogens (primary N) is 2. The molecule has 0 spiro atoms. The number of aryl methyl sites for hydroxylation is 1. The number of aromatic amines is 2. The number of imidazole rings is 5. The average molecular weight is 1820 g/mol. The number of aromatic nitrogens is 12.